The highest BCUT2D eigenvalue weighted by molar-refractivity contribution is 5.75. The van der Waals surface area contributed by atoms with Crippen molar-refractivity contribution in [2.24, 2.45) is 23.5 Å². The number of carbonyl (C=O) groups is 1. The van der Waals surface area contributed by atoms with Gasteiger partial charge in [-0.3, -0.25) is 14.6 Å². The van der Waals surface area contributed by atoms with Crippen LogP contribution in [0.15, 0.2) is 11.1 Å². The molecule has 1 fully saturated rings. The number of rotatable bonds is 6. The molecule has 26 heavy (non-hydrogen) atoms. The number of ether oxygens (including phenoxy) is 1. The van der Waals surface area contributed by atoms with Crippen LogP contribution in [0.1, 0.15) is 26.3 Å². The molecule has 3 rings (SSSR count). The molecule has 2 aromatic heterocycles. The van der Waals surface area contributed by atoms with Crippen LogP contribution in [0.2, 0.25) is 0 Å². The Morgan fingerprint density at radius 1 is 1.54 bits per heavy atom. The number of esters is 1. The van der Waals surface area contributed by atoms with Crippen molar-refractivity contribution in [1.29, 1.82) is 0 Å². The zero-order chi connectivity index (χ0) is 19.0. The lowest BCUT2D eigenvalue weighted by Crippen LogP contribution is -2.45. The van der Waals surface area contributed by atoms with E-state index >= 15 is 0 Å². The highest BCUT2D eigenvalue weighted by atomic mass is 16.5. The van der Waals surface area contributed by atoms with Crippen molar-refractivity contribution in [3.63, 3.8) is 0 Å². The maximum Gasteiger partial charge on any atom is 0.323 e. The molecular weight excluding hydrogens is 340 g/mol. The van der Waals surface area contributed by atoms with Crippen LogP contribution in [0.5, 0.6) is 0 Å². The molecule has 6 N–H and O–H groups in total. The molecule has 1 aliphatic carbocycles. The summed E-state index contributed by atoms with van der Waals surface area (Å²) in [5.41, 5.74) is 11.6. The van der Waals surface area contributed by atoms with E-state index in [0.29, 0.717) is 12.1 Å². The van der Waals surface area contributed by atoms with E-state index in [1.165, 1.54) is 6.33 Å². The second-order valence-electron chi connectivity index (χ2n) is 7.08. The second kappa shape index (κ2) is 7.04. The molecule has 0 amide bonds. The molecule has 10 heteroatoms. The lowest BCUT2D eigenvalue weighted by Gasteiger charge is -2.44. The van der Waals surface area contributed by atoms with Gasteiger partial charge >= 0.3 is 5.97 Å². The molecule has 0 aromatic carbocycles. The Morgan fingerprint density at radius 2 is 2.27 bits per heavy atom. The number of nitrogens with two attached hydrogens (primary N) is 2. The maximum absolute atomic E-state index is 11.9. The SMILES string of the molecule is CC(C)C(N)C(=O)OC[C@H]1C[C@@H](n2cnc3c(=O)[nH]c(N)nc32)[C@@H]1CO. The average molecular weight is 364 g/mol. The number of hydrogen-bond acceptors (Lipinski definition) is 8. The molecule has 1 saturated carbocycles. The third kappa shape index (κ3) is 3.17. The van der Waals surface area contributed by atoms with Gasteiger partial charge in [0.2, 0.25) is 5.95 Å². The summed E-state index contributed by atoms with van der Waals surface area (Å²) in [5, 5.41) is 9.76. The smallest absolute Gasteiger partial charge is 0.323 e. The van der Waals surface area contributed by atoms with E-state index in [-0.39, 0.29) is 48.5 Å². The number of nitrogen functional groups attached to an aromatic ring is 1. The largest absolute Gasteiger partial charge is 0.464 e. The van der Waals surface area contributed by atoms with Crippen LogP contribution in [0.25, 0.3) is 11.2 Å². The number of nitrogens with zero attached hydrogens (tertiary/aromatic N) is 3. The molecule has 0 spiro atoms. The number of nitrogens with one attached hydrogen (secondary N) is 1. The minimum absolute atomic E-state index is 0.00258. The Balaban J connectivity index is 1.71. The van der Waals surface area contributed by atoms with E-state index in [0.717, 1.165) is 0 Å². The first-order chi connectivity index (χ1) is 12.3. The Labute approximate surface area is 149 Å². The van der Waals surface area contributed by atoms with Gasteiger partial charge in [-0.05, 0) is 12.3 Å². The molecule has 2 heterocycles. The number of aliphatic hydroxyl groups is 1. The van der Waals surface area contributed by atoms with Gasteiger partial charge in [0.25, 0.3) is 5.56 Å². The molecule has 4 atom stereocenters. The number of fused-ring (bicyclic) bond motifs is 1. The molecule has 0 radical (unpaired) electrons. The van der Waals surface area contributed by atoms with Gasteiger partial charge in [0.1, 0.15) is 6.04 Å². The summed E-state index contributed by atoms with van der Waals surface area (Å²) >= 11 is 0. The van der Waals surface area contributed by atoms with Gasteiger partial charge in [-0.2, -0.15) is 4.98 Å². The number of anilines is 1. The molecule has 0 aliphatic heterocycles. The van der Waals surface area contributed by atoms with Crippen LogP contribution in [0.3, 0.4) is 0 Å². The van der Waals surface area contributed by atoms with E-state index in [1.807, 2.05) is 13.8 Å². The maximum atomic E-state index is 11.9. The molecule has 10 nitrogen and oxygen atoms in total. The summed E-state index contributed by atoms with van der Waals surface area (Å²) in [5.74, 6) is -0.563. The summed E-state index contributed by atoms with van der Waals surface area (Å²) in [7, 11) is 0. The van der Waals surface area contributed by atoms with Gasteiger partial charge in [-0.25, -0.2) is 4.98 Å². The number of hydrogen-bond donors (Lipinski definition) is 4. The predicted molar refractivity (Wildman–Crippen MR) is 94.1 cm³/mol. The lowest BCUT2D eigenvalue weighted by molar-refractivity contribution is -0.151. The van der Waals surface area contributed by atoms with Gasteiger partial charge in [-0.1, -0.05) is 13.8 Å². The molecule has 0 bridgehead atoms. The first kappa shape index (κ1) is 18.3. The normalized spacial score (nSPS) is 23.8. The number of aromatic amines is 1. The third-order valence-electron chi connectivity index (χ3n) is 5.09. The summed E-state index contributed by atoms with van der Waals surface area (Å²) in [6.45, 7) is 3.82. The Bertz CT molecular complexity index is 860. The Kier molecular flexibility index (Phi) is 4.97. The molecule has 0 saturated heterocycles. The Hall–Kier alpha value is -2.46. The fraction of sp³-hybridized carbons (Fsp3) is 0.625. The minimum atomic E-state index is -0.657. The van der Waals surface area contributed by atoms with Crippen molar-refractivity contribution >= 4 is 23.1 Å². The zero-order valence-electron chi connectivity index (χ0n) is 14.8. The van der Waals surface area contributed by atoms with Crippen LogP contribution in [-0.4, -0.2) is 49.9 Å². The summed E-state index contributed by atoms with van der Waals surface area (Å²) in [6.07, 6.45) is 2.19. The highest BCUT2D eigenvalue weighted by Gasteiger charge is 2.43. The molecule has 1 aliphatic rings. The van der Waals surface area contributed by atoms with Gasteiger partial charge in [0.05, 0.1) is 12.9 Å². The van der Waals surface area contributed by atoms with Crippen molar-refractivity contribution in [3.05, 3.63) is 16.7 Å². The molecular formula is C16H24N6O4. The third-order valence-corrected chi connectivity index (χ3v) is 5.09. The fourth-order valence-corrected chi connectivity index (χ4v) is 3.30. The predicted octanol–water partition coefficient (Wildman–Crippen LogP) is -0.602. The first-order valence-corrected chi connectivity index (χ1v) is 8.58. The highest BCUT2D eigenvalue weighted by Crippen LogP contribution is 2.44. The van der Waals surface area contributed by atoms with Crippen LogP contribution in [-0.2, 0) is 9.53 Å². The van der Waals surface area contributed by atoms with Crippen molar-refractivity contribution < 1.29 is 14.6 Å². The van der Waals surface area contributed by atoms with Crippen LogP contribution >= 0.6 is 0 Å². The van der Waals surface area contributed by atoms with Gasteiger partial charge in [-0.15, -0.1) is 0 Å². The quantitative estimate of drug-likeness (QED) is 0.494. The molecule has 142 valence electrons. The standard InChI is InChI=1S/C16H24N6O4/c1-7(2)11(17)15(25)26-5-8-3-10(9(8)4-23)22-6-19-12-13(22)20-16(18)21-14(12)24/h6-11,23H,3-5,17H2,1-2H3,(H3,18,20,21,24)/t8-,9-,10-,11?/m1/s1. The van der Waals surface area contributed by atoms with Crippen LogP contribution in [0.4, 0.5) is 5.95 Å². The van der Waals surface area contributed by atoms with E-state index in [2.05, 4.69) is 15.0 Å². The minimum Gasteiger partial charge on any atom is -0.464 e. The lowest BCUT2D eigenvalue weighted by atomic mass is 9.70. The summed E-state index contributed by atoms with van der Waals surface area (Å²) in [6, 6.07) is -0.754. The van der Waals surface area contributed by atoms with Crippen molar-refractivity contribution in [3.8, 4) is 0 Å². The number of carbonyl (C=O) groups excluding carboxylic acids is 1. The number of H-pyrrole nitrogens is 1. The number of aromatic nitrogens is 4. The van der Waals surface area contributed by atoms with E-state index < -0.39 is 17.6 Å². The summed E-state index contributed by atoms with van der Waals surface area (Å²) in [4.78, 5) is 34.4. The fourth-order valence-electron chi connectivity index (χ4n) is 3.30. The zero-order valence-corrected chi connectivity index (χ0v) is 14.8. The van der Waals surface area contributed by atoms with Crippen molar-refractivity contribution in [2.45, 2.75) is 32.4 Å². The van der Waals surface area contributed by atoms with E-state index in [9.17, 15) is 14.7 Å². The number of imidazole rings is 1. The van der Waals surface area contributed by atoms with Crippen molar-refractivity contribution in [2.75, 3.05) is 18.9 Å². The van der Waals surface area contributed by atoms with Crippen molar-refractivity contribution in [1.82, 2.24) is 19.5 Å². The number of aliphatic hydroxyl groups excluding tert-OH is 1. The van der Waals surface area contributed by atoms with Crippen LogP contribution in [0, 0.1) is 17.8 Å². The Morgan fingerprint density at radius 3 is 2.92 bits per heavy atom. The van der Waals surface area contributed by atoms with E-state index in [1.54, 1.807) is 4.57 Å². The average Bonchev–Trinajstić information content (AvgIpc) is 2.97. The van der Waals surface area contributed by atoms with Gasteiger partial charge in [0.15, 0.2) is 11.2 Å². The summed E-state index contributed by atoms with van der Waals surface area (Å²) < 4.78 is 7.05. The molecule has 1 unspecified atom stereocenters. The van der Waals surface area contributed by atoms with E-state index in [4.69, 9.17) is 16.2 Å². The van der Waals surface area contributed by atoms with Crippen LogP contribution < -0.4 is 17.0 Å². The first-order valence-electron chi connectivity index (χ1n) is 8.58. The van der Waals surface area contributed by atoms with Gasteiger partial charge in [0, 0.05) is 24.5 Å². The molecule has 2 aromatic rings. The monoisotopic (exact) mass is 364 g/mol. The van der Waals surface area contributed by atoms with Gasteiger partial charge < -0.3 is 25.9 Å². The topological polar surface area (TPSA) is 162 Å². The second-order valence-corrected chi connectivity index (χ2v) is 7.08.